The van der Waals surface area contributed by atoms with Crippen LogP contribution in [0.1, 0.15) is 0 Å². The van der Waals surface area contributed by atoms with Gasteiger partial charge in [0, 0.05) is 5.92 Å². The molecule has 0 aromatic heterocycles. The second-order valence-corrected chi connectivity index (χ2v) is 6.30. The fourth-order valence-electron chi connectivity index (χ4n) is 3.02. The second-order valence-electron chi connectivity index (χ2n) is 6.30. The maximum absolute atomic E-state index is 9.99. The van der Waals surface area contributed by atoms with Gasteiger partial charge in [0.15, 0.2) is 6.29 Å². The van der Waals surface area contributed by atoms with E-state index in [1.54, 1.807) is 0 Å². The van der Waals surface area contributed by atoms with Gasteiger partial charge in [0.2, 0.25) is 0 Å². The Morgan fingerprint density at radius 3 is 1.80 bits per heavy atom. The summed E-state index contributed by atoms with van der Waals surface area (Å²) in [4.78, 5) is 0. The zero-order valence-electron chi connectivity index (χ0n) is 13.4. The molecule has 10 atom stereocenters. The number of aliphatic hydroxyl groups excluding tert-OH is 8. The van der Waals surface area contributed by atoms with Crippen LogP contribution in [0.5, 0.6) is 0 Å². The van der Waals surface area contributed by atoms with Gasteiger partial charge in [-0.3, -0.25) is 0 Å². The van der Waals surface area contributed by atoms with Crippen LogP contribution in [0, 0.1) is 5.92 Å². The molecule has 8 N–H and O–H groups in total. The smallest absolute Gasteiger partial charge is 0.183 e. The molecule has 2 saturated heterocycles. The Balaban J connectivity index is 1.90. The van der Waals surface area contributed by atoms with Crippen molar-refractivity contribution < 1.29 is 55.1 Å². The van der Waals surface area contributed by atoms with Gasteiger partial charge in [0.25, 0.3) is 0 Å². The van der Waals surface area contributed by atoms with E-state index in [-0.39, 0.29) is 13.2 Å². The molecule has 0 bridgehead atoms. The molecule has 2 aliphatic rings. The number of aliphatic hydroxyl groups is 8. The SMILES string of the molecule is OCC1O[C@H](O)C(O)[C@H](O)[C@@H]1COC[C@@H]1OC(CO)[C@H](O)[C@@H](O)C1O. The molecule has 0 spiro atoms. The van der Waals surface area contributed by atoms with Crippen LogP contribution in [-0.4, -0.2) is 122 Å². The van der Waals surface area contributed by atoms with Crippen molar-refractivity contribution in [2.75, 3.05) is 26.4 Å². The predicted octanol–water partition coefficient (Wildman–Crippen LogP) is -5.11. The summed E-state index contributed by atoms with van der Waals surface area (Å²) in [5.74, 6) is -0.853. The molecule has 0 saturated carbocycles. The van der Waals surface area contributed by atoms with Gasteiger partial charge >= 0.3 is 0 Å². The zero-order chi connectivity index (χ0) is 18.7. The maximum Gasteiger partial charge on any atom is 0.183 e. The number of hydrogen-bond donors (Lipinski definition) is 8. The Hall–Kier alpha value is -0.440. The molecular weight excluding hydrogens is 344 g/mol. The Bertz CT molecular complexity index is 406. The largest absolute Gasteiger partial charge is 0.394 e. The quantitative estimate of drug-likeness (QED) is 0.223. The highest BCUT2D eigenvalue weighted by Crippen LogP contribution is 2.26. The normalized spacial score (nSPS) is 48.5. The lowest BCUT2D eigenvalue weighted by Gasteiger charge is -2.41. The van der Waals surface area contributed by atoms with E-state index in [1.807, 2.05) is 0 Å². The van der Waals surface area contributed by atoms with Crippen molar-refractivity contribution in [3.05, 3.63) is 0 Å². The summed E-state index contributed by atoms with van der Waals surface area (Å²) in [7, 11) is 0. The maximum atomic E-state index is 9.99. The Morgan fingerprint density at radius 2 is 1.20 bits per heavy atom. The first kappa shape index (κ1) is 20.9. The van der Waals surface area contributed by atoms with E-state index < -0.39 is 74.3 Å². The summed E-state index contributed by atoms with van der Waals surface area (Å²) in [6, 6.07) is 0. The first-order valence-electron chi connectivity index (χ1n) is 8.00. The molecule has 4 unspecified atom stereocenters. The van der Waals surface area contributed by atoms with Crippen molar-refractivity contribution in [3.8, 4) is 0 Å². The molecule has 0 aromatic carbocycles. The van der Waals surface area contributed by atoms with Crippen LogP contribution < -0.4 is 0 Å². The molecule has 11 nitrogen and oxygen atoms in total. The highest BCUT2D eigenvalue weighted by molar-refractivity contribution is 4.92. The van der Waals surface area contributed by atoms with Crippen molar-refractivity contribution in [2.45, 2.75) is 55.1 Å². The van der Waals surface area contributed by atoms with Crippen molar-refractivity contribution >= 4 is 0 Å². The van der Waals surface area contributed by atoms with E-state index in [2.05, 4.69) is 0 Å². The third-order valence-corrected chi connectivity index (χ3v) is 4.64. The third kappa shape index (κ3) is 4.46. The van der Waals surface area contributed by atoms with E-state index in [9.17, 15) is 35.7 Å². The van der Waals surface area contributed by atoms with Crippen LogP contribution in [0.2, 0.25) is 0 Å². The van der Waals surface area contributed by atoms with Crippen molar-refractivity contribution in [1.82, 2.24) is 0 Å². The lowest BCUT2D eigenvalue weighted by Crippen LogP contribution is -2.60. The Labute approximate surface area is 143 Å². The van der Waals surface area contributed by atoms with Gasteiger partial charge in [-0.15, -0.1) is 0 Å². The number of rotatable bonds is 6. The van der Waals surface area contributed by atoms with Gasteiger partial charge in [0.1, 0.15) is 36.6 Å². The summed E-state index contributed by atoms with van der Waals surface area (Å²) in [6.45, 7) is -1.53. The zero-order valence-corrected chi connectivity index (χ0v) is 13.4. The standard InChI is InChI=1S/C14H26O11/c15-1-6-5(9(17)13(21)14(22)25-6)3-23-4-8-11(19)12(20)10(18)7(2-16)24-8/h5-22H,1-4H2/t5-,6?,7?,8+,9-,10+,11?,12-,13?,14+/m1/s1. The van der Waals surface area contributed by atoms with Gasteiger partial charge < -0.3 is 55.1 Å². The van der Waals surface area contributed by atoms with E-state index in [0.29, 0.717) is 0 Å². The van der Waals surface area contributed by atoms with Crippen LogP contribution >= 0.6 is 0 Å². The predicted molar refractivity (Wildman–Crippen MR) is 78.1 cm³/mol. The molecular formula is C14H26O11. The minimum Gasteiger partial charge on any atom is -0.394 e. The van der Waals surface area contributed by atoms with E-state index >= 15 is 0 Å². The van der Waals surface area contributed by atoms with Crippen LogP contribution in [0.3, 0.4) is 0 Å². The third-order valence-electron chi connectivity index (χ3n) is 4.64. The topological polar surface area (TPSA) is 190 Å². The Kier molecular flexibility index (Phi) is 7.49. The van der Waals surface area contributed by atoms with Gasteiger partial charge in [-0.1, -0.05) is 0 Å². The molecule has 2 fully saturated rings. The Morgan fingerprint density at radius 1 is 0.600 bits per heavy atom. The molecule has 0 aromatic rings. The molecule has 2 heterocycles. The molecule has 25 heavy (non-hydrogen) atoms. The first-order chi connectivity index (χ1) is 11.8. The van der Waals surface area contributed by atoms with Crippen molar-refractivity contribution in [1.29, 1.82) is 0 Å². The van der Waals surface area contributed by atoms with Gasteiger partial charge in [-0.05, 0) is 0 Å². The average molecular weight is 370 g/mol. The molecule has 0 radical (unpaired) electrons. The van der Waals surface area contributed by atoms with Crippen molar-refractivity contribution in [3.63, 3.8) is 0 Å². The number of ether oxygens (including phenoxy) is 3. The fourth-order valence-corrected chi connectivity index (χ4v) is 3.02. The first-order valence-corrected chi connectivity index (χ1v) is 8.00. The summed E-state index contributed by atoms with van der Waals surface area (Å²) in [5.41, 5.74) is 0. The van der Waals surface area contributed by atoms with E-state index in [4.69, 9.17) is 19.3 Å². The van der Waals surface area contributed by atoms with Gasteiger partial charge in [0.05, 0.1) is 38.6 Å². The molecule has 0 amide bonds. The lowest BCUT2D eigenvalue weighted by molar-refractivity contribution is -0.282. The van der Waals surface area contributed by atoms with Crippen molar-refractivity contribution in [2.24, 2.45) is 5.92 Å². The monoisotopic (exact) mass is 370 g/mol. The summed E-state index contributed by atoms with van der Waals surface area (Å²) in [6.07, 6.45) is -12.1. The van der Waals surface area contributed by atoms with Crippen LogP contribution in [0.25, 0.3) is 0 Å². The molecule has 2 rings (SSSR count). The van der Waals surface area contributed by atoms with Crippen LogP contribution in [-0.2, 0) is 14.2 Å². The van der Waals surface area contributed by atoms with E-state index in [1.165, 1.54) is 0 Å². The summed E-state index contributed by atoms with van der Waals surface area (Å²) < 4.78 is 15.6. The molecule has 11 heteroatoms. The molecule has 0 aliphatic carbocycles. The highest BCUT2D eigenvalue weighted by atomic mass is 16.6. The summed E-state index contributed by atoms with van der Waals surface area (Å²) in [5, 5.41) is 76.7. The fraction of sp³-hybridized carbons (Fsp3) is 1.00. The lowest BCUT2D eigenvalue weighted by atomic mass is 9.90. The van der Waals surface area contributed by atoms with E-state index in [0.717, 1.165) is 0 Å². The highest BCUT2D eigenvalue weighted by Gasteiger charge is 2.45. The molecule has 2 aliphatic heterocycles. The van der Waals surface area contributed by atoms with Crippen LogP contribution in [0.4, 0.5) is 0 Å². The van der Waals surface area contributed by atoms with Crippen LogP contribution in [0.15, 0.2) is 0 Å². The minimum absolute atomic E-state index is 0.203. The second kappa shape index (κ2) is 8.97. The molecule has 148 valence electrons. The average Bonchev–Trinajstić information content (AvgIpc) is 2.61. The minimum atomic E-state index is -1.63. The summed E-state index contributed by atoms with van der Waals surface area (Å²) >= 11 is 0. The number of hydrogen-bond acceptors (Lipinski definition) is 11. The van der Waals surface area contributed by atoms with Gasteiger partial charge in [-0.2, -0.15) is 0 Å². The van der Waals surface area contributed by atoms with Gasteiger partial charge in [-0.25, -0.2) is 0 Å².